The molecule has 0 saturated heterocycles. The molecular formula is C8H6ClFN4. The highest BCUT2D eigenvalue weighted by atomic mass is 35.5. The van der Waals surface area contributed by atoms with Crippen molar-refractivity contribution in [1.82, 2.24) is 19.7 Å². The van der Waals surface area contributed by atoms with Crippen molar-refractivity contribution in [1.29, 1.82) is 0 Å². The minimum Gasteiger partial charge on any atom is -0.275 e. The molecule has 0 atom stereocenters. The molecule has 0 spiro atoms. The predicted molar refractivity (Wildman–Crippen MR) is 49.2 cm³/mol. The fourth-order valence-electron chi connectivity index (χ4n) is 1.07. The van der Waals surface area contributed by atoms with Gasteiger partial charge in [-0.05, 0) is 17.7 Å². The van der Waals surface area contributed by atoms with Crippen molar-refractivity contribution in [2.75, 3.05) is 0 Å². The van der Waals surface area contributed by atoms with Gasteiger partial charge in [0.25, 0.3) is 0 Å². The minimum absolute atomic E-state index is 0.00653. The Morgan fingerprint density at radius 3 is 2.93 bits per heavy atom. The molecule has 0 aliphatic heterocycles. The number of rotatable bonds is 1. The minimum atomic E-state index is -0.534. The van der Waals surface area contributed by atoms with E-state index in [2.05, 4.69) is 15.1 Å². The number of hydrogen-bond donors (Lipinski definition) is 0. The average Bonchev–Trinajstić information content (AvgIpc) is 2.56. The predicted octanol–water partition coefficient (Wildman–Crippen LogP) is 1.67. The van der Waals surface area contributed by atoms with Crippen LogP contribution in [0.2, 0.25) is 5.28 Å². The second-order valence-electron chi connectivity index (χ2n) is 2.71. The topological polar surface area (TPSA) is 43.6 Å². The van der Waals surface area contributed by atoms with Crippen LogP contribution in [0.15, 0.2) is 18.5 Å². The van der Waals surface area contributed by atoms with Gasteiger partial charge in [0.05, 0.1) is 6.20 Å². The van der Waals surface area contributed by atoms with E-state index in [1.807, 2.05) is 0 Å². The lowest BCUT2D eigenvalue weighted by Crippen LogP contribution is -1.94. The highest BCUT2D eigenvalue weighted by Crippen LogP contribution is 2.18. The largest absolute Gasteiger partial charge is 0.275 e. The molecule has 0 saturated carbocycles. The molecule has 0 aromatic carbocycles. The number of halogens is 2. The van der Waals surface area contributed by atoms with Gasteiger partial charge in [-0.2, -0.15) is 5.10 Å². The van der Waals surface area contributed by atoms with Gasteiger partial charge in [-0.3, -0.25) is 4.68 Å². The van der Waals surface area contributed by atoms with Crippen LogP contribution >= 0.6 is 11.6 Å². The van der Waals surface area contributed by atoms with Gasteiger partial charge in [-0.15, -0.1) is 0 Å². The van der Waals surface area contributed by atoms with Crippen molar-refractivity contribution in [2.45, 2.75) is 0 Å². The van der Waals surface area contributed by atoms with Gasteiger partial charge in [-0.1, -0.05) is 0 Å². The van der Waals surface area contributed by atoms with Crippen LogP contribution in [0, 0.1) is 5.82 Å². The molecule has 0 bridgehead atoms. The monoisotopic (exact) mass is 212 g/mol. The molecule has 4 nitrogen and oxygen atoms in total. The summed E-state index contributed by atoms with van der Waals surface area (Å²) in [6.45, 7) is 0. The molecular weight excluding hydrogens is 207 g/mol. The molecule has 0 unspecified atom stereocenters. The van der Waals surface area contributed by atoms with Gasteiger partial charge in [0.2, 0.25) is 5.28 Å². The van der Waals surface area contributed by atoms with Crippen molar-refractivity contribution in [3.05, 3.63) is 29.6 Å². The molecule has 2 heterocycles. The Balaban J connectivity index is 2.55. The molecule has 0 fully saturated rings. The standard InChI is InChI=1S/C8H6ClFN4/c1-14-3-2-6(13-14)7-5(10)4-11-8(9)12-7/h2-4H,1H3. The number of aromatic nitrogens is 4. The summed E-state index contributed by atoms with van der Waals surface area (Å²) in [5, 5.41) is 4.02. The van der Waals surface area contributed by atoms with Crippen LogP contribution in [0.3, 0.4) is 0 Å². The summed E-state index contributed by atoms with van der Waals surface area (Å²) >= 11 is 5.55. The summed E-state index contributed by atoms with van der Waals surface area (Å²) in [6, 6.07) is 1.65. The maximum atomic E-state index is 13.2. The first kappa shape index (κ1) is 9.08. The zero-order chi connectivity index (χ0) is 10.1. The fraction of sp³-hybridized carbons (Fsp3) is 0.125. The van der Waals surface area contributed by atoms with Crippen molar-refractivity contribution >= 4 is 11.6 Å². The summed E-state index contributed by atoms with van der Waals surface area (Å²) in [6.07, 6.45) is 2.73. The Bertz CT molecular complexity index is 468. The molecule has 72 valence electrons. The molecule has 2 rings (SSSR count). The Morgan fingerprint density at radius 2 is 2.29 bits per heavy atom. The number of nitrogens with zero attached hydrogens (tertiary/aromatic N) is 4. The van der Waals surface area contributed by atoms with E-state index in [0.29, 0.717) is 5.69 Å². The van der Waals surface area contributed by atoms with Crippen LogP contribution in [0.1, 0.15) is 0 Å². The van der Waals surface area contributed by atoms with Gasteiger partial charge >= 0.3 is 0 Å². The highest BCUT2D eigenvalue weighted by Gasteiger charge is 2.10. The first-order valence-corrected chi connectivity index (χ1v) is 4.22. The third-order valence-electron chi connectivity index (χ3n) is 1.67. The summed E-state index contributed by atoms with van der Waals surface area (Å²) in [5.74, 6) is -0.534. The Hall–Kier alpha value is -1.49. The van der Waals surface area contributed by atoms with Crippen LogP contribution in [0.4, 0.5) is 4.39 Å². The lowest BCUT2D eigenvalue weighted by Gasteiger charge is -1.97. The van der Waals surface area contributed by atoms with E-state index in [9.17, 15) is 4.39 Å². The van der Waals surface area contributed by atoms with Crippen LogP contribution < -0.4 is 0 Å². The molecule has 0 N–H and O–H groups in total. The van der Waals surface area contributed by atoms with Crippen molar-refractivity contribution in [2.24, 2.45) is 7.05 Å². The van der Waals surface area contributed by atoms with Gasteiger partial charge in [0, 0.05) is 13.2 Å². The van der Waals surface area contributed by atoms with Crippen molar-refractivity contribution in [3.8, 4) is 11.4 Å². The maximum absolute atomic E-state index is 13.2. The Labute approximate surface area is 84.4 Å². The Kier molecular flexibility index (Phi) is 2.17. The molecule has 2 aromatic heterocycles. The molecule has 14 heavy (non-hydrogen) atoms. The zero-order valence-electron chi connectivity index (χ0n) is 7.28. The SMILES string of the molecule is Cn1ccc(-c2nc(Cl)ncc2F)n1. The molecule has 0 aliphatic rings. The lowest BCUT2D eigenvalue weighted by atomic mass is 10.3. The van der Waals surface area contributed by atoms with E-state index in [1.165, 1.54) is 0 Å². The fourth-order valence-corrected chi connectivity index (χ4v) is 1.20. The van der Waals surface area contributed by atoms with Crippen LogP contribution in [0.5, 0.6) is 0 Å². The molecule has 0 radical (unpaired) electrons. The van der Waals surface area contributed by atoms with Crippen molar-refractivity contribution in [3.63, 3.8) is 0 Å². The van der Waals surface area contributed by atoms with Gasteiger partial charge < -0.3 is 0 Å². The molecule has 2 aromatic rings. The van der Waals surface area contributed by atoms with Gasteiger partial charge in [-0.25, -0.2) is 14.4 Å². The van der Waals surface area contributed by atoms with Crippen LogP contribution in [-0.2, 0) is 7.05 Å². The van der Waals surface area contributed by atoms with E-state index in [1.54, 1.807) is 24.0 Å². The zero-order valence-corrected chi connectivity index (χ0v) is 8.03. The van der Waals surface area contributed by atoms with E-state index < -0.39 is 5.82 Å². The quantitative estimate of drug-likeness (QED) is 0.676. The van der Waals surface area contributed by atoms with Gasteiger partial charge in [0.15, 0.2) is 5.82 Å². The van der Waals surface area contributed by atoms with E-state index in [-0.39, 0.29) is 11.0 Å². The second-order valence-corrected chi connectivity index (χ2v) is 3.05. The van der Waals surface area contributed by atoms with E-state index in [4.69, 9.17) is 11.6 Å². The first-order valence-electron chi connectivity index (χ1n) is 3.85. The second kappa shape index (κ2) is 3.34. The van der Waals surface area contributed by atoms with Crippen LogP contribution in [0.25, 0.3) is 11.4 Å². The summed E-state index contributed by atoms with van der Waals surface area (Å²) in [7, 11) is 1.74. The third kappa shape index (κ3) is 1.58. The summed E-state index contributed by atoms with van der Waals surface area (Å²) < 4.78 is 14.8. The van der Waals surface area contributed by atoms with E-state index in [0.717, 1.165) is 6.20 Å². The van der Waals surface area contributed by atoms with Crippen molar-refractivity contribution < 1.29 is 4.39 Å². The third-order valence-corrected chi connectivity index (χ3v) is 1.85. The first-order chi connectivity index (χ1) is 6.66. The summed E-state index contributed by atoms with van der Waals surface area (Å²) in [4.78, 5) is 7.28. The van der Waals surface area contributed by atoms with E-state index >= 15 is 0 Å². The highest BCUT2D eigenvalue weighted by molar-refractivity contribution is 6.28. The molecule has 0 aliphatic carbocycles. The molecule has 0 amide bonds. The smallest absolute Gasteiger partial charge is 0.223 e. The average molecular weight is 213 g/mol. The van der Waals surface area contributed by atoms with Gasteiger partial charge in [0.1, 0.15) is 11.4 Å². The molecule has 6 heteroatoms. The maximum Gasteiger partial charge on any atom is 0.223 e. The number of aryl methyl sites for hydroxylation is 1. The Morgan fingerprint density at radius 1 is 1.50 bits per heavy atom. The lowest BCUT2D eigenvalue weighted by molar-refractivity contribution is 0.616. The number of hydrogen-bond acceptors (Lipinski definition) is 3. The van der Waals surface area contributed by atoms with Crippen LogP contribution in [-0.4, -0.2) is 19.7 Å². The summed E-state index contributed by atoms with van der Waals surface area (Å²) in [5.41, 5.74) is 0.555. The normalized spacial score (nSPS) is 10.5.